The van der Waals surface area contributed by atoms with Crippen molar-refractivity contribution in [2.75, 3.05) is 5.32 Å². The predicted octanol–water partition coefficient (Wildman–Crippen LogP) is 4.37. The second-order valence-electron chi connectivity index (χ2n) is 7.64. The van der Waals surface area contributed by atoms with E-state index in [1.165, 1.54) is 18.2 Å². The summed E-state index contributed by atoms with van der Waals surface area (Å²) in [6, 6.07) is 12.7. The molecule has 0 radical (unpaired) electrons. The molecule has 1 amide bonds. The summed E-state index contributed by atoms with van der Waals surface area (Å²) >= 11 is 0. The van der Waals surface area contributed by atoms with Gasteiger partial charge in [0.2, 0.25) is 15.7 Å². The van der Waals surface area contributed by atoms with E-state index >= 15 is 0 Å². The van der Waals surface area contributed by atoms with Crippen molar-refractivity contribution in [3.05, 3.63) is 59.9 Å². The van der Waals surface area contributed by atoms with Crippen molar-refractivity contribution < 1.29 is 22.0 Å². The number of halogens is 1. The Hall–Kier alpha value is -3.07. The Morgan fingerprint density at radius 2 is 1.81 bits per heavy atom. The van der Waals surface area contributed by atoms with Crippen molar-refractivity contribution in [2.45, 2.75) is 43.1 Å². The normalized spacial score (nSPS) is 15.0. The van der Waals surface area contributed by atoms with Crippen LogP contribution >= 0.6 is 0 Å². The first-order chi connectivity index (χ1) is 14.9. The fraction of sp³-hybridized carbons (Fsp3) is 0.318. The van der Waals surface area contributed by atoms with Crippen LogP contribution in [-0.4, -0.2) is 24.5 Å². The molecule has 31 heavy (non-hydrogen) atoms. The van der Waals surface area contributed by atoms with Crippen molar-refractivity contribution in [1.29, 1.82) is 0 Å². The van der Waals surface area contributed by atoms with E-state index in [-0.39, 0.29) is 29.0 Å². The molecule has 1 saturated carbocycles. The third kappa shape index (κ3) is 4.99. The molecule has 0 unspecified atom stereocenters. The maximum atomic E-state index is 14.7. The van der Waals surface area contributed by atoms with Crippen LogP contribution in [0.1, 0.15) is 37.7 Å². The monoisotopic (exact) mass is 443 g/mol. The molecule has 1 fully saturated rings. The predicted molar refractivity (Wildman–Crippen MR) is 112 cm³/mol. The van der Waals surface area contributed by atoms with Crippen molar-refractivity contribution in [3.8, 4) is 11.5 Å². The molecule has 3 aromatic rings. The molecule has 0 aliphatic heterocycles. The second-order valence-corrected chi connectivity index (χ2v) is 9.50. The van der Waals surface area contributed by atoms with Gasteiger partial charge in [0.15, 0.2) is 0 Å². The number of hydrogen-bond donors (Lipinski definition) is 1. The third-order valence-electron chi connectivity index (χ3n) is 5.32. The van der Waals surface area contributed by atoms with Gasteiger partial charge in [-0.05, 0) is 36.6 Å². The molecule has 1 aliphatic carbocycles. The molecule has 4 rings (SSSR count). The largest absolute Gasteiger partial charge is 0.408 e. The van der Waals surface area contributed by atoms with Gasteiger partial charge in [-0.2, -0.15) is 0 Å². The minimum Gasteiger partial charge on any atom is -0.408 e. The number of benzene rings is 2. The van der Waals surface area contributed by atoms with E-state index in [9.17, 15) is 17.6 Å². The average molecular weight is 444 g/mol. The quantitative estimate of drug-likeness (QED) is 0.607. The molecule has 0 saturated heterocycles. The minimum absolute atomic E-state index is 0.0377. The number of nitrogens with zero attached hydrogens (tertiary/aromatic N) is 2. The fourth-order valence-corrected chi connectivity index (χ4v) is 4.80. The third-order valence-corrected chi connectivity index (χ3v) is 6.73. The zero-order valence-electron chi connectivity index (χ0n) is 16.8. The highest BCUT2D eigenvalue weighted by Gasteiger charge is 2.25. The lowest BCUT2D eigenvalue weighted by atomic mass is 9.88. The molecule has 0 bridgehead atoms. The first kappa shape index (κ1) is 21.2. The molecule has 7 nitrogen and oxygen atoms in total. The molecule has 1 aromatic heterocycles. The van der Waals surface area contributed by atoms with E-state index in [0.717, 1.165) is 32.1 Å². The van der Waals surface area contributed by atoms with Crippen LogP contribution < -0.4 is 5.32 Å². The smallest absolute Gasteiger partial charge is 0.336 e. The van der Waals surface area contributed by atoms with E-state index in [1.807, 2.05) is 0 Å². The maximum Gasteiger partial charge on any atom is 0.336 e. The number of anilines is 1. The molecule has 1 N–H and O–H groups in total. The molecule has 162 valence electrons. The molecule has 0 spiro atoms. The molecule has 0 atom stereocenters. The number of hydrogen-bond acceptors (Lipinski definition) is 6. The highest BCUT2D eigenvalue weighted by atomic mass is 32.2. The Kier molecular flexibility index (Phi) is 6.13. The van der Waals surface area contributed by atoms with Gasteiger partial charge in [-0.3, -0.25) is 4.79 Å². The topological polar surface area (TPSA) is 102 Å². The lowest BCUT2D eigenvalue weighted by molar-refractivity contribution is -0.120. The highest BCUT2D eigenvalue weighted by Crippen LogP contribution is 2.28. The summed E-state index contributed by atoms with van der Waals surface area (Å²) in [6.45, 7) is 0. The lowest BCUT2D eigenvalue weighted by Gasteiger charge is -2.20. The molecule has 1 heterocycles. The maximum absolute atomic E-state index is 14.7. The molecular formula is C22H22FN3O4S. The Bertz CT molecular complexity index is 1170. The van der Waals surface area contributed by atoms with Gasteiger partial charge in [0.05, 0.1) is 11.3 Å². The fourth-order valence-electron chi connectivity index (χ4n) is 3.68. The van der Waals surface area contributed by atoms with Crippen molar-refractivity contribution in [3.63, 3.8) is 0 Å². The Labute approximate surface area is 179 Å². The number of aromatic nitrogens is 2. The average Bonchev–Trinajstić information content (AvgIpc) is 3.26. The van der Waals surface area contributed by atoms with E-state index < -0.39 is 20.9 Å². The number of carbonyl (C=O) groups is 1. The molecule has 9 heteroatoms. The van der Waals surface area contributed by atoms with Crippen LogP contribution in [0.2, 0.25) is 0 Å². The van der Waals surface area contributed by atoms with Crippen LogP contribution in [0.15, 0.2) is 58.2 Å². The van der Waals surface area contributed by atoms with Gasteiger partial charge in [-0.1, -0.05) is 54.7 Å². The van der Waals surface area contributed by atoms with Gasteiger partial charge in [-0.15, -0.1) is 5.10 Å². The van der Waals surface area contributed by atoms with Crippen molar-refractivity contribution in [2.24, 2.45) is 5.92 Å². The Morgan fingerprint density at radius 3 is 2.52 bits per heavy atom. The number of nitrogens with one attached hydrogen (secondary N) is 1. The van der Waals surface area contributed by atoms with Gasteiger partial charge >= 0.3 is 5.22 Å². The van der Waals surface area contributed by atoms with E-state index in [0.29, 0.717) is 11.3 Å². The van der Waals surface area contributed by atoms with Crippen molar-refractivity contribution in [1.82, 2.24) is 10.2 Å². The first-order valence-corrected chi connectivity index (χ1v) is 11.8. The number of sulfone groups is 1. The van der Waals surface area contributed by atoms with Crippen LogP contribution in [0.5, 0.6) is 0 Å². The zero-order chi connectivity index (χ0) is 21.8. The summed E-state index contributed by atoms with van der Waals surface area (Å²) < 4.78 is 45.0. The summed E-state index contributed by atoms with van der Waals surface area (Å²) in [5.41, 5.74) is 0.865. The first-order valence-electron chi connectivity index (χ1n) is 10.1. The Balaban J connectivity index is 1.49. The van der Waals surface area contributed by atoms with Crippen LogP contribution in [-0.2, 0) is 20.4 Å². The van der Waals surface area contributed by atoms with Crippen LogP contribution in [0, 0.1) is 11.7 Å². The SMILES string of the molecule is O=C(Nc1ccc(-c2nnc(S(=O)(=O)Cc3ccccc3)o2)c(F)c1)C1CCCCC1. The van der Waals surface area contributed by atoms with Crippen LogP contribution in [0.4, 0.5) is 10.1 Å². The summed E-state index contributed by atoms with van der Waals surface area (Å²) in [5, 5.41) is 9.47. The second kappa shape index (κ2) is 8.97. The van der Waals surface area contributed by atoms with Gasteiger partial charge in [0.1, 0.15) is 5.82 Å². The summed E-state index contributed by atoms with van der Waals surface area (Å²) in [7, 11) is -3.87. The molecular weight excluding hydrogens is 421 g/mol. The summed E-state index contributed by atoms with van der Waals surface area (Å²) in [6.07, 6.45) is 4.87. The van der Waals surface area contributed by atoms with Gasteiger partial charge in [0.25, 0.3) is 5.89 Å². The van der Waals surface area contributed by atoms with Gasteiger partial charge < -0.3 is 9.73 Å². The number of rotatable bonds is 6. The molecule has 2 aromatic carbocycles. The van der Waals surface area contributed by atoms with E-state index in [4.69, 9.17) is 4.42 Å². The Morgan fingerprint density at radius 1 is 1.06 bits per heavy atom. The van der Waals surface area contributed by atoms with Crippen LogP contribution in [0.25, 0.3) is 11.5 Å². The zero-order valence-corrected chi connectivity index (χ0v) is 17.6. The van der Waals surface area contributed by atoms with Gasteiger partial charge in [0, 0.05) is 11.6 Å². The standard InChI is InChI=1S/C22H22FN3O4S/c23-19-13-17(24-20(27)16-9-5-2-6-10-16)11-12-18(19)21-25-26-22(30-21)31(28,29)14-15-7-3-1-4-8-15/h1,3-4,7-8,11-13,16H,2,5-6,9-10,14H2,(H,24,27). The highest BCUT2D eigenvalue weighted by molar-refractivity contribution is 7.90. The van der Waals surface area contributed by atoms with Crippen molar-refractivity contribution >= 4 is 21.4 Å². The van der Waals surface area contributed by atoms with E-state index in [1.54, 1.807) is 30.3 Å². The minimum atomic E-state index is -3.87. The lowest BCUT2D eigenvalue weighted by Crippen LogP contribution is -2.24. The number of amides is 1. The summed E-state index contributed by atoms with van der Waals surface area (Å²) in [5.74, 6) is -1.40. The number of carbonyl (C=O) groups excluding carboxylic acids is 1. The summed E-state index contributed by atoms with van der Waals surface area (Å²) in [4.78, 5) is 12.4. The van der Waals surface area contributed by atoms with Gasteiger partial charge in [-0.25, -0.2) is 12.8 Å². The molecule has 1 aliphatic rings. The van der Waals surface area contributed by atoms with Crippen LogP contribution in [0.3, 0.4) is 0 Å². The van der Waals surface area contributed by atoms with E-state index in [2.05, 4.69) is 15.5 Å².